The van der Waals surface area contributed by atoms with E-state index in [9.17, 15) is 4.79 Å². The van der Waals surface area contributed by atoms with Crippen molar-refractivity contribution in [3.63, 3.8) is 0 Å². The lowest BCUT2D eigenvalue weighted by Gasteiger charge is -2.21. The molecule has 0 atom stereocenters. The van der Waals surface area contributed by atoms with E-state index in [4.69, 9.17) is 4.74 Å². The summed E-state index contributed by atoms with van der Waals surface area (Å²) in [6, 6.07) is 3.50. The topological polar surface area (TPSA) is 51.2 Å². The van der Waals surface area contributed by atoms with Crippen molar-refractivity contribution in [1.29, 1.82) is 0 Å². The molecule has 0 unspecified atom stereocenters. The summed E-state index contributed by atoms with van der Waals surface area (Å²) < 4.78 is 5.19. The zero-order valence-corrected chi connectivity index (χ0v) is 9.89. The van der Waals surface area contributed by atoms with Gasteiger partial charge in [0.2, 0.25) is 0 Å². The Morgan fingerprint density at radius 1 is 1.47 bits per heavy atom. The van der Waals surface area contributed by atoms with Crippen LogP contribution in [-0.4, -0.2) is 24.0 Å². The maximum Gasteiger partial charge on any atom is 0.311 e. The highest BCUT2D eigenvalue weighted by molar-refractivity contribution is 5.72. The zero-order chi connectivity index (χ0) is 11.9. The maximum absolute atomic E-state index is 11.6. The third kappa shape index (κ3) is 4.15. The van der Waals surface area contributed by atoms with Crippen molar-refractivity contribution in [2.24, 2.45) is 5.92 Å². The molecule has 0 saturated carbocycles. The molecule has 1 N–H and O–H groups in total. The number of pyridine rings is 1. The summed E-state index contributed by atoms with van der Waals surface area (Å²) in [4.78, 5) is 15.5. The summed E-state index contributed by atoms with van der Waals surface area (Å²) in [5.41, 5.74) is 0. The molecule has 0 spiro atoms. The molecule has 1 aromatic rings. The van der Waals surface area contributed by atoms with E-state index in [0.29, 0.717) is 18.1 Å². The Morgan fingerprint density at radius 3 is 3.00 bits per heavy atom. The number of aromatic nitrogens is 1. The van der Waals surface area contributed by atoms with Gasteiger partial charge in [-0.3, -0.25) is 9.78 Å². The predicted molar refractivity (Wildman–Crippen MR) is 64.7 cm³/mol. The normalized spacial score (nSPS) is 16.7. The van der Waals surface area contributed by atoms with Crippen LogP contribution in [0, 0.1) is 5.92 Å². The van der Waals surface area contributed by atoms with Crippen LogP contribution in [0.25, 0.3) is 0 Å². The molecule has 1 aliphatic heterocycles. The van der Waals surface area contributed by atoms with Gasteiger partial charge < -0.3 is 10.1 Å². The average molecular weight is 234 g/mol. The zero-order valence-electron chi connectivity index (χ0n) is 9.89. The smallest absolute Gasteiger partial charge is 0.311 e. The molecule has 1 saturated heterocycles. The number of piperidine rings is 1. The van der Waals surface area contributed by atoms with Crippen LogP contribution in [-0.2, 0) is 4.79 Å². The number of ether oxygens (including phenoxy) is 1. The minimum atomic E-state index is -0.156. The summed E-state index contributed by atoms with van der Waals surface area (Å²) in [5, 5.41) is 3.32. The number of rotatable bonds is 4. The molecule has 0 bridgehead atoms. The fourth-order valence-electron chi connectivity index (χ4n) is 2.08. The van der Waals surface area contributed by atoms with Crippen molar-refractivity contribution in [3.8, 4) is 5.75 Å². The van der Waals surface area contributed by atoms with Crippen LogP contribution in [0.15, 0.2) is 24.5 Å². The standard InChI is InChI=1S/C13H18N2O2/c16-13(17-12-2-1-7-15-10-12)4-3-11-5-8-14-9-6-11/h1-2,7,10-11,14H,3-6,8-9H2. The highest BCUT2D eigenvalue weighted by atomic mass is 16.5. The van der Waals surface area contributed by atoms with Crippen LogP contribution in [0.1, 0.15) is 25.7 Å². The van der Waals surface area contributed by atoms with Crippen LogP contribution in [0.5, 0.6) is 5.75 Å². The number of nitrogens with zero attached hydrogens (tertiary/aromatic N) is 1. The highest BCUT2D eigenvalue weighted by Gasteiger charge is 2.15. The van der Waals surface area contributed by atoms with E-state index >= 15 is 0 Å². The van der Waals surface area contributed by atoms with Gasteiger partial charge in [0.05, 0.1) is 6.20 Å². The Hall–Kier alpha value is -1.42. The molecule has 4 nitrogen and oxygen atoms in total. The van der Waals surface area contributed by atoms with Crippen LogP contribution in [0.3, 0.4) is 0 Å². The summed E-state index contributed by atoms with van der Waals surface area (Å²) in [5.74, 6) is 1.04. The predicted octanol–water partition coefficient (Wildman–Crippen LogP) is 1.77. The largest absolute Gasteiger partial charge is 0.425 e. The Kier molecular flexibility index (Phi) is 4.50. The van der Waals surface area contributed by atoms with E-state index in [-0.39, 0.29) is 5.97 Å². The van der Waals surface area contributed by atoms with E-state index in [1.165, 1.54) is 12.8 Å². The van der Waals surface area contributed by atoms with Crippen molar-refractivity contribution in [2.75, 3.05) is 13.1 Å². The minimum Gasteiger partial charge on any atom is -0.425 e. The second kappa shape index (κ2) is 6.35. The second-order valence-corrected chi connectivity index (χ2v) is 4.39. The van der Waals surface area contributed by atoms with Crippen LogP contribution >= 0.6 is 0 Å². The summed E-state index contributed by atoms with van der Waals surface area (Å²) in [7, 11) is 0. The van der Waals surface area contributed by atoms with Crippen molar-refractivity contribution in [3.05, 3.63) is 24.5 Å². The Balaban J connectivity index is 1.70. The first kappa shape index (κ1) is 12.0. The third-order valence-corrected chi connectivity index (χ3v) is 3.08. The molecule has 0 radical (unpaired) electrons. The van der Waals surface area contributed by atoms with Gasteiger partial charge in [-0.2, -0.15) is 0 Å². The Morgan fingerprint density at radius 2 is 2.29 bits per heavy atom. The minimum absolute atomic E-state index is 0.156. The van der Waals surface area contributed by atoms with Crippen molar-refractivity contribution in [1.82, 2.24) is 10.3 Å². The first-order chi connectivity index (χ1) is 8.34. The SMILES string of the molecule is O=C(CCC1CCNCC1)Oc1cccnc1. The van der Waals surface area contributed by atoms with Gasteiger partial charge in [-0.25, -0.2) is 0 Å². The van der Waals surface area contributed by atoms with E-state index in [0.717, 1.165) is 19.5 Å². The number of carbonyl (C=O) groups excluding carboxylic acids is 1. The molecule has 2 rings (SSSR count). The monoisotopic (exact) mass is 234 g/mol. The molecular formula is C13H18N2O2. The molecule has 0 aliphatic carbocycles. The van der Waals surface area contributed by atoms with Gasteiger partial charge in [-0.1, -0.05) is 0 Å². The fraction of sp³-hybridized carbons (Fsp3) is 0.538. The number of esters is 1. The van der Waals surface area contributed by atoms with Gasteiger partial charge in [0.15, 0.2) is 0 Å². The number of hydrogen-bond donors (Lipinski definition) is 1. The van der Waals surface area contributed by atoms with Crippen molar-refractivity contribution in [2.45, 2.75) is 25.7 Å². The molecule has 4 heteroatoms. The van der Waals surface area contributed by atoms with Crippen LogP contribution < -0.4 is 10.1 Å². The lowest BCUT2D eigenvalue weighted by atomic mass is 9.93. The van der Waals surface area contributed by atoms with Gasteiger partial charge in [0.1, 0.15) is 5.75 Å². The third-order valence-electron chi connectivity index (χ3n) is 3.08. The molecule has 1 fully saturated rings. The number of hydrogen-bond acceptors (Lipinski definition) is 4. The van der Waals surface area contributed by atoms with Gasteiger partial charge in [0, 0.05) is 12.6 Å². The maximum atomic E-state index is 11.6. The van der Waals surface area contributed by atoms with Crippen molar-refractivity contribution < 1.29 is 9.53 Å². The summed E-state index contributed by atoms with van der Waals surface area (Å²) in [6.45, 7) is 2.14. The summed E-state index contributed by atoms with van der Waals surface area (Å²) >= 11 is 0. The second-order valence-electron chi connectivity index (χ2n) is 4.39. The van der Waals surface area contributed by atoms with Crippen LogP contribution in [0.2, 0.25) is 0 Å². The molecular weight excluding hydrogens is 216 g/mol. The van der Waals surface area contributed by atoms with Gasteiger partial charge in [-0.15, -0.1) is 0 Å². The molecule has 1 aromatic heterocycles. The number of nitrogens with one attached hydrogen (secondary N) is 1. The highest BCUT2D eigenvalue weighted by Crippen LogP contribution is 2.18. The lowest BCUT2D eigenvalue weighted by Crippen LogP contribution is -2.28. The number of carbonyl (C=O) groups is 1. The first-order valence-corrected chi connectivity index (χ1v) is 6.16. The first-order valence-electron chi connectivity index (χ1n) is 6.16. The van der Waals surface area contributed by atoms with Gasteiger partial charge in [-0.05, 0) is 50.4 Å². The van der Waals surface area contributed by atoms with E-state index in [1.54, 1.807) is 24.5 Å². The molecule has 92 valence electrons. The quantitative estimate of drug-likeness (QED) is 0.807. The van der Waals surface area contributed by atoms with E-state index in [2.05, 4.69) is 10.3 Å². The molecule has 2 heterocycles. The summed E-state index contributed by atoms with van der Waals surface area (Å²) in [6.07, 6.45) is 6.98. The van der Waals surface area contributed by atoms with E-state index in [1.807, 2.05) is 0 Å². The van der Waals surface area contributed by atoms with Crippen molar-refractivity contribution >= 4 is 5.97 Å². The fourth-order valence-corrected chi connectivity index (χ4v) is 2.08. The molecule has 1 aliphatic rings. The average Bonchev–Trinajstić information content (AvgIpc) is 2.39. The van der Waals surface area contributed by atoms with Gasteiger partial charge >= 0.3 is 5.97 Å². The Bertz CT molecular complexity index is 348. The molecule has 0 amide bonds. The lowest BCUT2D eigenvalue weighted by molar-refractivity contribution is -0.134. The van der Waals surface area contributed by atoms with Gasteiger partial charge in [0.25, 0.3) is 0 Å². The van der Waals surface area contributed by atoms with E-state index < -0.39 is 0 Å². The molecule has 0 aromatic carbocycles. The Labute approximate surface area is 101 Å². The van der Waals surface area contributed by atoms with Crippen LogP contribution in [0.4, 0.5) is 0 Å². The molecule has 17 heavy (non-hydrogen) atoms.